The fourth-order valence-electron chi connectivity index (χ4n) is 3.56. The molecule has 0 aliphatic carbocycles. The van der Waals surface area contributed by atoms with Crippen LogP contribution in [-0.2, 0) is 7.05 Å². The first-order valence-electron chi connectivity index (χ1n) is 8.11. The molecule has 0 radical (unpaired) electrons. The second-order valence-electron chi connectivity index (χ2n) is 7.48. The lowest BCUT2D eigenvalue weighted by molar-refractivity contribution is -0.661. The van der Waals surface area contributed by atoms with Crippen LogP contribution in [-0.4, -0.2) is 8.07 Å². The molecule has 0 fully saturated rings. The first kappa shape index (κ1) is 15.0. The van der Waals surface area contributed by atoms with Gasteiger partial charge in [-0.2, -0.15) is 0 Å². The summed E-state index contributed by atoms with van der Waals surface area (Å²) in [6.07, 6.45) is 2.25. The highest BCUT2D eigenvalue weighted by molar-refractivity contribution is 8.00. The molecular weight excluding hydrogens is 314 g/mol. The summed E-state index contributed by atoms with van der Waals surface area (Å²) < 4.78 is 2.31. The van der Waals surface area contributed by atoms with Gasteiger partial charge in [-0.05, 0) is 29.1 Å². The van der Waals surface area contributed by atoms with Gasteiger partial charge in [0.25, 0.3) is 0 Å². The van der Waals surface area contributed by atoms with E-state index in [4.69, 9.17) is 0 Å². The molecule has 1 nitrogen and oxygen atoms in total. The van der Waals surface area contributed by atoms with Gasteiger partial charge < -0.3 is 0 Å². The minimum absolute atomic E-state index is 1.35. The number of nitrogens with zero attached hydrogens (tertiary/aromatic N) is 1. The molecule has 1 aromatic heterocycles. The number of aryl methyl sites for hydroxylation is 2. The van der Waals surface area contributed by atoms with Crippen molar-refractivity contribution in [3.05, 3.63) is 48.2 Å². The highest BCUT2D eigenvalue weighted by Crippen LogP contribution is 2.47. The van der Waals surface area contributed by atoms with Crippen LogP contribution in [0.2, 0.25) is 19.6 Å². The number of hydrogen-bond acceptors (Lipinski definition) is 1. The Kier molecular flexibility index (Phi) is 3.23. The Hall–Kier alpha value is -1.58. The van der Waals surface area contributed by atoms with Crippen molar-refractivity contribution in [2.75, 3.05) is 0 Å². The van der Waals surface area contributed by atoms with Gasteiger partial charge >= 0.3 is 0 Å². The SMILES string of the molecule is Cc1ccc2cccc3c2c1-c1c(c([Si](C)(C)C)cc[n+]1C)S3. The van der Waals surface area contributed by atoms with Crippen LogP contribution in [0.25, 0.3) is 22.0 Å². The minimum atomic E-state index is -1.39. The average molecular weight is 337 g/mol. The second-order valence-corrected chi connectivity index (χ2v) is 13.6. The normalized spacial score (nSPS) is 13.3. The largest absolute Gasteiger partial charge is 0.227 e. The molecule has 1 aliphatic rings. The summed E-state index contributed by atoms with van der Waals surface area (Å²) in [7, 11) is 0.789. The molecular formula is C20H22NSSi+. The van der Waals surface area contributed by atoms with Crippen LogP contribution in [0.5, 0.6) is 0 Å². The van der Waals surface area contributed by atoms with E-state index < -0.39 is 8.07 Å². The number of pyridine rings is 1. The minimum Gasteiger partial charge on any atom is -0.200 e. The Labute approximate surface area is 143 Å². The van der Waals surface area contributed by atoms with E-state index in [-0.39, 0.29) is 0 Å². The molecule has 0 saturated carbocycles. The third-order valence-electron chi connectivity index (χ3n) is 4.75. The fourth-order valence-corrected chi connectivity index (χ4v) is 7.21. The molecule has 0 N–H and O–H groups in total. The molecule has 0 bridgehead atoms. The average Bonchev–Trinajstić information content (AvgIpc) is 2.49. The number of benzene rings is 2. The Morgan fingerprint density at radius 3 is 2.52 bits per heavy atom. The van der Waals surface area contributed by atoms with Crippen LogP contribution in [0.15, 0.2) is 52.4 Å². The third-order valence-corrected chi connectivity index (χ3v) is 8.14. The number of rotatable bonds is 1. The summed E-state index contributed by atoms with van der Waals surface area (Å²) in [6.45, 7) is 9.57. The second kappa shape index (κ2) is 4.95. The molecule has 1 aliphatic heterocycles. The molecule has 4 rings (SSSR count). The molecule has 0 unspecified atom stereocenters. The summed E-state index contributed by atoms with van der Waals surface area (Å²) in [5, 5.41) is 4.34. The first-order chi connectivity index (χ1) is 10.9. The fraction of sp³-hybridized carbons (Fsp3) is 0.250. The highest BCUT2D eigenvalue weighted by Gasteiger charge is 2.33. The molecule has 3 heteroatoms. The van der Waals surface area contributed by atoms with Crippen molar-refractivity contribution in [3.63, 3.8) is 0 Å². The lowest BCUT2D eigenvalue weighted by Crippen LogP contribution is -2.44. The van der Waals surface area contributed by atoms with Crippen molar-refractivity contribution in [1.29, 1.82) is 0 Å². The van der Waals surface area contributed by atoms with E-state index in [0.717, 1.165) is 0 Å². The van der Waals surface area contributed by atoms with E-state index in [1.807, 2.05) is 11.8 Å². The van der Waals surface area contributed by atoms with Crippen molar-refractivity contribution < 1.29 is 4.57 Å². The van der Waals surface area contributed by atoms with E-state index in [1.165, 1.54) is 37.4 Å². The zero-order chi connectivity index (χ0) is 16.4. The van der Waals surface area contributed by atoms with Crippen LogP contribution < -0.4 is 9.75 Å². The predicted molar refractivity (Wildman–Crippen MR) is 102 cm³/mol. The lowest BCUT2D eigenvalue weighted by atomic mass is 9.96. The Morgan fingerprint density at radius 1 is 1.00 bits per heavy atom. The van der Waals surface area contributed by atoms with Gasteiger partial charge in [0.15, 0.2) is 6.20 Å². The topological polar surface area (TPSA) is 3.88 Å². The van der Waals surface area contributed by atoms with Gasteiger partial charge in [-0.25, -0.2) is 4.57 Å². The third kappa shape index (κ3) is 2.18. The molecule has 2 aromatic carbocycles. The summed E-state index contributed by atoms with van der Waals surface area (Å²) >= 11 is 1.97. The first-order valence-corrected chi connectivity index (χ1v) is 12.4. The molecule has 23 heavy (non-hydrogen) atoms. The van der Waals surface area contributed by atoms with E-state index in [9.17, 15) is 0 Å². The van der Waals surface area contributed by atoms with E-state index >= 15 is 0 Å². The van der Waals surface area contributed by atoms with E-state index in [2.05, 4.69) is 80.8 Å². The molecule has 116 valence electrons. The van der Waals surface area contributed by atoms with Crippen LogP contribution in [0.3, 0.4) is 0 Å². The van der Waals surface area contributed by atoms with Gasteiger partial charge in [0.05, 0.1) is 18.5 Å². The summed E-state index contributed by atoms with van der Waals surface area (Å²) in [5.41, 5.74) is 4.20. The van der Waals surface area contributed by atoms with Crippen molar-refractivity contribution >= 4 is 35.8 Å². The molecule has 2 heterocycles. The number of aromatic nitrogens is 1. The van der Waals surface area contributed by atoms with Crippen molar-refractivity contribution in [2.45, 2.75) is 36.4 Å². The van der Waals surface area contributed by atoms with Crippen LogP contribution >= 0.6 is 11.8 Å². The monoisotopic (exact) mass is 336 g/mol. The predicted octanol–water partition coefficient (Wildman–Crippen LogP) is 4.65. The maximum Gasteiger partial charge on any atom is 0.227 e. The number of fused-ring (bicyclic) bond motifs is 2. The van der Waals surface area contributed by atoms with Gasteiger partial charge in [-0.1, -0.05) is 55.7 Å². The lowest BCUT2D eigenvalue weighted by Gasteiger charge is -2.25. The molecule has 0 amide bonds. The zero-order valence-corrected chi connectivity index (χ0v) is 16.2. The van der Waals surface area contributed by atoms with Crippen molar-refractivity contribution in [1.82, 2.24) is 0 Å². The zero-order valence-electron chi connectivity index (χ0n) is 14.4. The molecule has 0 spiro atoms. The van der Waals surface area contributed by atoms with Crippen LogP contribution in [0.4, 0.5) is 0 Å². The summed E-state index contributed by atoms with van der Waals surface area (Å²) in [4.78, 5) is 2.88. The molecule has 0 saturated heterocycles. The summed E-state index contributed by atoms with van der Waals surface area (Å²) in [6, 6.07) is 13.6. The quantitative estimate of drug-likeness (QED) is 0.361. The standard InChI is InChI=1S/C20H22NSSi/c1-13-9-10-14-7-6-8-15-18(14)17(13)19-20(22-15)16(23(3,4)5)11-12-21(19)2/h6-12H,1-5H3/q+1. The maximum atomic E-state index is 2.44. The smallest absolute Gasteiger partial charge is 0.200 e. The molecule has 3 aromatic rings. The summed E-state index contributed by atoms with van der Waals surface area (Å²) in [5.74, 6) is 0. The van der Waals surface area contributed by atoms with Gasteiger partial charge in [0.2, 0.25) is 5.69 Å². The Balaban J connectivity index is 2.19. The Morgan fingerprint density at radius 2 is 1.78 bits per heavy atom. The maximum absolute atomic E-state index is 2.44. The van der Waals surface area contributed by atoms with E-state index in [1.54, 1.807) is 5.19 Å². The molecule has 0 atom stereocenters. The highest BCUT2D eigenvalue weighted by atomic mass is 32.2. The van der Waals surface area contributed by atoms with Gasteiger partial charge in [-0.3, -0.25) is 0 Å². The van der Waals surface area contributed by atoms with Crippen molar-refractivity contribution in [3.8, 4) is 11.3 Å². The van der Waals surface area contributed by atoms with E-state index in [0.29, 0.717) is 0 Å². The Bertz CT molecular complexity index is 954. The van der Waals surface area contributed by atoms with Crippen LogP contribution in [0.1, 0.15) is 5.56 Å². The van der Waals surface area contributed by atoms with Gasteiger partial charge in [0, 0.05) is 16.3 Å². The van der Waals surface area contributed by atoms with Crippen LogP contribution in [0, 0.1) is 6.92 Å². The number of hydrogen-bond donors (Lipinski definition) is 0. The van der Waals surface area contributed by atoms with Gasteiger partial charge in [0.1, 0.15) is 7.05 Å². The van der Waals surface area contributed by atoms with Crippen molar-refractivity contribution in [2.24, 2.45) is 7.05 Å². The van der Waals surface area contributed by atoms with Gasteiger partial charge in [-0.15, -0.1) is 0 Å².